The van der Waals surface area contributed by atoms with Gasteiger partial charge in [0, 0.05) is 18.0 Å². The van der Waals surface area contributed by atoms with Crippen molar-refractivity contribution in [3.05, 3.63) is 52.5 Å². The van der Waals surface area contributed by atoms with Crippen molar-refractivity contribution in [2.24, 2.45) is 35.5 Å². The van der Waals surface area contributed by atoms with Gasteiger partial charge in [0.1, 0.15) is 11.8 Å². The second-order valence-corrected chi connectivity index (χ2v) is 14.3. The highest BCUT2D eigenvalue weighted by molar-refractivity contribution is 5.70. The van der Waals surface area contributed by atoms with Gasteiger partial charge < -0.3 is 10.1 Å². The van der Waals surface area contributed by atoms with Crippen LogP contribution in [0, 0.1) is 35.5 Å². The number of ether oxygens (including phenoxy) is 1. The van der Waals surface area contributed by atoms with Crippen LogP contribution < -0.4 is 5.32 Å². The molecule has 1 saturated carbocycles. The molecule has 222 valence electrons. The lowest BCUT2D eigenvalue weighted by atomic mass is 9.67. The molecule has 0 aromatic carbocycles. The van der Waals surface area contributed by atoms with Crippen molar-refractivity contribution >= 4 is 5.97 Å². The van der Waals surface area contributed by atoms with E-state index in [9.17, 15) is 4.79 Å². The summed E-state index contributed by atoms with van der Waals surface area (Å²) in [5.41, 5.74) is 8.47. The molecule has 0 radical (unpaired) electrons. The number of carbonyl (C=O) groups is 1. The number of alkyl halides is 1. The maximum atomic E-state index is 15.6. The Morgan fingerprint density at radius 2 is 1.82 bits per heavy atom. The summed E-state index contributed by atoms with van der Waals surface area (Å²) in [7, 11) is 0. The van der Waals surface area contributed by atoms with Crippen LogP contribution in [0.25, 0.3) is 0 Å². The van der Waals surface area contributed by atoms with Gasteiger partial charge in [0.15, 0.2) is 0 Å². The van der Waals surface area contributed by atoms with E-state index in [1.807, 2.05) is 26.8 Å². The van der Waals surface area contributed by atoms with Gasteiger partial charge in [0.2, 0.25) is 0 Å². The molecular weight excluding hydrogens is 497 g/mol. The smallest absolute Gasteiger partial charge is 0.306 e. The summed E-state index contributed by atoms with van der Waals surface area (Å²) < 4.78 is 21.2. The summed E-state index contributed by atoms with van der Waals surface area (Å²) in [6.07, 6.45) is 17.1. The monoisotopic (exact) mass is 551 g/mol. The molecule has 0 saturated heterocycles. The number of allylic oxidation sites excluding steroid dienone is 7. The molecule has 4 rings (SSSR count). The molecule has 4 aliphatic carbocycles. The van der Waals surface area contributed by atoms with Gasteiger partial charge in [-0.25, -0.2) is 4.39 Å². The first-order chi connectivity index (χ1) is 19.0. The van der Waals surface area contributed by atoms with E-state index in [0.717, 1.165) is 25.2 Å². The van der Waals surface area contributed by atoms with E-state index in [2.05, 4.69) is 57.0 Å². The highest BCUT2D eigenvalue weighted by Gasteiger charge is 2.39. The SMILES string of the molecule is CCC1CC[C@H](C2CCC(C)C3=C2C=CC=C=C3)C(N[C@H]2C[C@@H](CC(=O)OC(C)(C)C)CC[C@H]2F)=C(C)C[C@H]1C. The van der Waals surface area contributed by atoms with E-state index in [0.29, 0.717) is 42.9 Å². The Hall–Kier alpha value is -2.06. The molecule has 0 aromatic heterocycles. The van der Waals surface area contributed by atoms with Gasteiger partial charge in [-0.3, -0.25) is 4.79 Å². The Kier molecular flexibility index (Phi) is 10.3. The van der Waals surface area contributed by atoms with E-state index < -0.39 is 11.8 Å². The summed E-state index contributed by atoms with van der Waals surface area (Å²) in [6, 6.07) is -0.257. The molecule has 1 N–H and O–H groups in total. The third-order valence-electron chi connectivity index (χ3n) is 10.1. The molecule has 4 heteroatoms. The van der Waals surface area contributed by atoms with Crippen LogP contribution in [0.5, 0.6) is 0 Å². The molecule has 0 bridgehead atoms. The number of nitrogens with one attached hydrogen (secondary N) is 1. The Morgan fingerprint density at radius 3 is 2.55 bits per heavy atom. The van der Waals surface area contributed by atoms with E-state index in [1.165, 1.54) is 48.1 Å². The van der Waals surface area contributed by atoms with Gasteiger partial charge in [0.05, 0.1) is 6.04 Å². The molecule has 1 fully saturated rings. The van der Waals surface area contributed by atoms with Crippen molar-refractivity contribution in [3.63, 3.8) is 0 Å². The molecule has 0 aromatic rings. The van der Waals surface area contributed by atoms with Crippen LogP contribution in [0.15, 0.2) is 52.5 Å². The van der Waals surface area contributed by atoms with Gasteiger partial charge in [-0.05, 0) is 132 Å². The van der Waals surface area contributed by atoms with Crippen LogP contribution in [0.4, 0.5) is 4.39 Å². The van der Waals surface area contributed by atoms with Crippen LogP contribution in [0.2, 0.25) is 0 Å². The Bertz CT molecular complexity index is 1070. The number of halogens is 1. The minimum absolute atomic E-state index is 0.154. The lowest BCUT2D eigenvalue weighted by Gasteiger charge is -2.42. The van der Waals surface area contributed by atoms with Crippen molar-refractivity contribution in [1.29, 1.82) is 0 Å². The molecule has 8 atom stereocenters. The lowest BCUT2D eigenvalue weighted by Crippen LogP contribution is -2.45. The zero-order valence-corrected chi connectivity index (χ0v) is 26.2. The summed E-state index contributed by atoms with van der Waals surface area (Å²) >= 11 is 0. The fourth-order valence-electron chi connectivity index (χ4n) is 7.96. The van der Waals surface area contributed by atoms with E-state index >= 15 is 4.39 Å². The normalized spacial score (nSPS) is 35.1. The van der Waals surface area contributed by atoms with Crippen molar-refractivity contribution in [2.45, 2.75) is 130 Å². The zero-order chi connectivity index (χ0) is 29.0. The summed E-state index contributed by atoms with van der Waals surface area (Å²) in [6.45, 7) is 15.1. The number of carbonyl (C=O) groups excluding carboxylic acids is 1. The Balaban J connectivity index is 1.63. The van der Waals surface area contributed by atoms with Gasteiger partial charge >= 0.3 is 5.97 Å². The van der Waals surface area contributed by atoms with Crippen molar-refractivity contribution in [2.75, 3.05) is 0 Å². The molecular formula is C36H54FNO2. The first-order valence-corrected chi connectivity index (χ1v) is 16.1. The van der Waals surface area contributed by atoms with Crippen molar-refractivity contribution in [1.82, 2.24) is 5.32 Å². The van der Waals surface area contributed by atoms with Crippen LogP contribution in [0.3, 0.4) is 0 Å². The molecule has 0 spiro atoms. The summed E-state index contributed by atoms with van der Waals surface area (Å²) in [5, 5.41) is 3.87. The van der Waals surface area contributed by atoms with Gasteiger partial charge in [0.25, 0.3) is 0 Å². The van der Waals surface area contributed by atoms with Crippen LogP contribution in [-0.2, 0) is 9.53 Å². The fraction of sp³-hybridized carbons (Fsp3) is 0.722. The van der Waals surface area contributed by atoms with Crippen LogP contribution >= 0.6 is 0 Å². The second-order valence-electron chi connectivity index (χ2n) is 14.3. The quantitative estimate of drug-likeness (QED) is 0.264. The highest BCUT2D eigenvalue weighted by atomic mass is 19.1. The maximum absolute atomic E-state index is 15.6. The van der Waals surface area contributed by atoms with Gasteiger partial charge in [-0.15, -0.1) is 5.73 Å². The first-order valence-electron chi connectivity index (χ1n) is 16.1. The van der Waals surface area contributed by atoms with Gasteiger partial charge in [-0.1, -0.05) is 44.9 Å². The lowest BCUT2D eigenvalue weighted by molar-refractivity contribution is -0.156. The van der Waals surface area contributed by atoms with Crippen molar-refractivity contribution in [3.8, 4) is 0 Å². The minimum Gasteiger partial charge on any atom is -0.460 e. The average Bonchev–Trinajstić information content (AvgIpc) is 3.13. The topological polar surface area (TPSA) is 38.3 Å². The molecule has 4 aliphatic rings. The van der Waals surface area contributed by atoms with Crippen molar-refractivity contribution < 1.29 is 13.9 Å². The van der Waals surface area contributed by atoms with E-state index in [4.69, 9.17) is 4.74 Å². The number of esters is 1. The molecule has 0 amide bonds. The van der Waals surface area contributed by atoms with Gasteiger partial charge in [-0.2, -0.15) is 0 Å². The third kappa shape index (κ3) is 7.61. The molecule has 3 unspecified atom stereocenters. The van der Waals surface area contributed by atoms with Crippen LogP contribution in [0.1, 0.15) is 113 Å². The maximum Gasteiger partial charge on any atom is 0.306 e. The largest absolute Gasteiger partial charge is 0.460 e. The summed E-state index contributed by atoms with van der Waals surface area (Å²) in [5.74, 6) is 2.66. The molecule has 0 aliphatic heterocycles. The molecule has 3 nitrogen and oxygen atoms in total. The highest BCUT2D eigenvalue weighted by Crippen LogP contribution is 2.47. The zero-order valence-electron chi connectivity index (χ0n) is 26.2. The first kappa shape index (κ1) is 30.9. The number of hydrogen-bond donors (Lipinski definition) is 1. The average molecular weight is 552 g/mol. The third-order valence-corrected chi connectivity index (χ3v) is 10.1. The predicted octanol–water partition coefficient (Wildman–Crippen LogP) is 9.17. The number of rotatable bonds is 6. The Morgan fingerprint density at radius 1 is 1.07 bits per heavy atom. The van der Waals surface area contributed by atoms with E-state index in [1.54, 1.807) is 0 Å². The van der Waals surface area contributed by atoms with Crippen LogP contribution in [-0.4, -0.2) is 23.8 Å². The summed E-state index contributed by atoms with van der Waals surface area (Å²) in [4.78, 5) is 12.6. The fourth-order valence-corrected chi connectivity index (χ4v) is 7.96. The minimum atomic E-state index is -0.895. The predicted molar refractivity (Wildman–Crippen MR) is 163 cm³/mol. The second kappa shape index (κ2) is 13.3. The Labute approximate surface area is 243 Å². The van der Waals surface area contributed by atoms with E-state index in [-0.39, 0.29) is 17.9 Å². The number of hydrogen-bond acceptors (Lipinski definition) is 3. The molecule has 0 heterocycles. The standard InChI is InChI=1S/C36H54FNO2/c1-8-27-16-18-31(30-17-14-23(2)28-12-10-9-11-13-29(28)30)35(25(4)20-24(27)3)38-33-21-26(15-19-32(33)37)22-34(39)40-36(5,6)7/h9,11-13,23-24,26-27,30-33,38H,8,14-22H2,1-7H3/t23?,24-,26+,27?,30?,31-,32-,33+/m1/s1. The molecule has 40 heavy (non-hydrogen) atoms.